The number of benzene rings is 1. The fraction of sp³-hybridized carbons (Fsp3) is 0.545. The molecule has 0 heterocycles. The number of esters is 1. The second-order valence-corrected chi connectivity index (χ2v) is 9.84. The van der Waals surface area contributed by atoms with E-state index in [0.29, 0.717) is 11.7 Å². The van der Waals surface area contributed by atoms with E-state index in [2.05, 4.69) is 33.9 Å². The molecule has 5 heteroatoms. The van der Waals surface area contributed by atoms with Crippen molar-refractivity contribution in [2.45, 2.75) is 113 Å². The molecule has 0 radical (unpaired) electrons. The van der Waals surface area contributed by atoms with Crippen molar-refractivity contribution in [2.24, 2.45) is 5.92 Å². The van der Waals surface area contributed by atoms with E-state index < -0.39 is 0 Å². The van der Waals surface area contributed by atoms with Gasteiger partial charge in [0.25, 0.3) is 0 Å². The summed E-state index contributed by atoms with van der Waals surface area (Å²) in [4.78, 5) is 11.2. The van der Waals surface area contributed by atoms with Gasteiger partial charge in [-0.15, -0.1) is 6.58 Å². The number of aromatic hydroxyl groups is 1. The number of phenolic OH excluding ortho intramolecular Hbond substituents is 1. The van der Waals surface area contributed by atoms with Crippen LogP contribution in [0.25, 0.3) is 0 Å². The van der Waals surface area contributed by atoms with Gasteiger partial charge < -0.3 is 9.84 Å². The van der Waals surface area contributed by atoms with Crippen molar-refractivity contribution in [1.29, 1.82) is 0 Å². The van der Waals surface area contributed by atoms with Gasteiger partial charge in [-0.1, -0.05) is 107 Å². The molecule has 2 rings (SSSR count). The smallest absolute Gasteiger partial charge is 0.303 e. The van der Waals surface area contributed by atoms with Gasteiger partial charge in [0.1, 0.15) is 11.9 Å². The minimum Gasteiger partial charge on any atom is -0.508 e. The van der Waals surface area contributed by atoms with Gasteiger partial charge in [-0.2, -0.15) is 0 Å². The van der Waals surface area contributed by atoms with Crippen LogP contribution in [0.2, 0.25) is 0 Å². The van der Waals surface area contributed by atoms with Crippen LogP contribution in [-0.4, -0.2) is 11.1 Å². The summed E-state index contributed by atoms with van der Waals surface area (Å²) in [6.45, 7) is 24.9. The predicted octanol–water partition coefficient (Wildman–Crippen LogP) is 11.7. The van der Waals surface area contributed by atoms with Crippen LogP contribution >= 0.6 is 23.2 Å². The van der Waals surface area contributed by atoms with E-state index >= 15 is 0 Å². The molecule has 1 saturated carbocycles. The number of hydrogen-bond acceptors (Lipinski definition) is 3. The molecule has 1 aliphatic carbocycles. The van der Waals surface area contributed by atoms with Crippen molar-refractivity contribution in [3.05, 3.63) is 76.3 Å². The summed E-state index contributed by atoms with van der Waals surface area (Å²) in [5, 5.41) is 10.6. The minimum atomic E-state index is -0.243. The Morgan fingerprint density at radius 1 is 1.11 bits per heavy atom. The molecule has 1 aromatic rings. The highest BCUT2D eigenvalue weighted by atomic mass is 35.5. The van der Waals surface area contributed by atoms with Crippen molar-refractivity contribution in [2.75, 3.05) is 0 Å². The van der Waals surface area contributed by atoms with Gasteiger partial charge in [0.05, 0.1) is 0 Å². The third-order valence-corrected chi connectivity index (χ3v) is 6.25. The van der Waals surface area contributed by atoms with Crippen LogP contribution < -0.4 is 0 Å². The maximum Gasteiger partial charge on any atom is 0.303 e. The number of ether oxygens (including phenoxy) is 1. The zero-order valence-corrected chi connectivity index (χ0v) is 27.0. The number of carbonyl (C=O) groups excluding carboxylic acids is 1. The first-order valence-corrected chi connectivity index (χ1v) is 14.5. The number of halogens is 2. The molecule has 0 amide bonds. The Morgan fingerprint density at radius 3 is 1.87 bits per heavy atom. The first kappa shape index (κ1) is 40.5. The van der Waals surface area contributed by atoms with Gasteiger partial charge in [0, 0.05) is 23.4 Å². The van der Waals surface area contributed by atoms with Gasteiger partial charge in [-0.3, -0.25) is 4.79 Å². The molecule has 1 unspecified atom stereocenters. The maximum absolute atomic E-state index is 11.2. The summed E-state index contributed by atoms with van der Waals surface area (Å²) >= 11 is 10.6. The molecule has 1 N–H and O–H groups in total. The number of rotatable bonds is 8. The third-order valence-electron chi connectivity index (χ3n) is 5.62. The molecule has 1 aliphatic rings. The highest BCUT2D eigenvalue weighted by molar-refractivity contribution is 6.29. The molecule has 38 heavy (non-hydrogen) atoms. The topological polar surface area (TPSA) is 46.5 Å². The molecule has 1 atom stereocenters. The summed E-state index contributed by atoms with van der Waals surface area (Å²) in [5.74, 6) is 0.497. The van der Waals surface area contributed by atoms with Crippen LogP contribution in [0.4, 0.5) is 0 Å². The van der Waals surface area contributed by atoms with Gasteiger partial charge in [0.15, 0.2) is 0 Å². The van der Waals surface area contributed by atoms with Crippen molar-refractivity contribution in [3.8, 4) is 5.75 Å². The van der Waals surface area contributed by atoms with E-state index in [9.17, 15) is 9.90 Å². The average Bonchev–Trinajstić information content (AvgIpc) is 3.73. The normalized spacial score (nSPS) is 12.7. The lowest BCUT2D eigenvalue weighted by molar-refractivity contribution is -0.147. The Morgan fingerprint density at radius 2 is 1.63 bits per heavy atom. The van der Waals surface area contributed by atoms with E-state index in [4.69, 9.17) is 27.9 Å². The zero-order chi connectivity index (χ0) is 30.1. The van der Waals surface area contributed by atoms with E-state index in [1.807, 2.05) is 46.8 Å². The molecular formula is C33H54Cl2O3. The SMILES string of the molecule is C/C=C(/Cl)CC.C=C(C)CC.C=C/C=C/Cl.CC(=O)OC(c1ccc(O)c(C)c1C)C1CC1.CCCCC. The van der Waals surface area contributed by atoms with Gasteiger partial charge >= 0.3 is 5.97 Å². The van der Waals surface area contributed by atoms with Crippen LogP contribution in [-0.2, 0) is 9.53 Å². The Balaban J connectivity index is -0.000000482. The number of hydrogen-bond donors (Lipinski definition) is 1. The van der Waals surface area contributed by atoms with Crippen LogP contribution in [0.5, 0.6) is 5.75 Å². The molecule has 1 aromatic carbocycles. The quantitative estimate of drug-likeness (QED) is 0.192. The highest BCUT2D eigenvalue weighted by Gasteiger charge is 2.35. The Bertz CT molecular complexity index is 835. The summed E-state index contributed by atoms with van der Waals surface area (Å²) < 4.78 is 5.42. The van der Waals surface area contributed by atoms with Crippen LogP contribution in [0.1, 0.15) is 116 Å². The largest absolute Gasteiger partial charge is 0.508 e. The van der Waals surface area contributed by atoms with Crippen molar-refractivity contribution >= 4 is 29.2 Å². The molecule has 0 saturated heterocycles. The highest BCUT2D eigenvalue weighted by Crippen LogP contribution is 2.45. The number of allylic oxidation sites excluding steroid dienone is 5. The Labute approximate surface area is 244 Å². The standard InChI is InChI=1S/C14H18O3.C5H9Cl.C5H10.C5H12.C4H5Cl/c1-8-9(2)13(16)7-6-12(8)14(11-4-5-11)17-10(3)15;1-3-5(6)4-2;1-4-5(2)3;1-3-5-4-2;1-2-3-4-5/h6-7,11,14,16H,4-5H2,1-3H3;3H,4H2,1-2H3;2,4H2,1,3H3;3-5H2,1-2H3;2-4H,1H2/b;5-3+;;;4-3+. The second kappa shape index (κ2) is 26.6. The average molecular weight is 570 g/mol. The van der Waals surface area contributed by atoms with Crippen LogP contribution in [0.3, 0.4) is 0 Å². The summed E-state index contributed by atoms with van der Waals surface area (Å²) in [6, 6.07) is 3.54. The van der Waals surface area contributed by atoms with Crippen LogP contribution in [0, 0.1) is 19.8 Å². The monoisotopic (exact) mass is 568 g/mol. The third kappa shape index (κ3) is 23.2. The molecular weight excluding hydrogens is 515 g/mol. The molecule has 218 valence electrons. The Hall–Kier alpha value is -1.97. The summed E-state index contributed by atoms with van der Waals surface area (Å²) in [6.07, 6.45) is 13.4. The summed E-state index contributed by atoms with van der Waals surface area (Å²) in [7, 11) is 0. The first-order chi connectivity index (χ1) is 17.9. The fourth-order valence-electron chi connectivity index (χ4n) is 2.74. The molecule has 0 bridgehead atoms. The second-order valence-electron chi connectivity index (χ2n) is 9.10. The van der Waals surface area contributed by atoms with Gasteiger partial charge in [-0.25, -0.2) is 0 Å². The lowest BCUT2D eigenvalue weighted by Gasteiger charge is -2.20. The number of unbranched alkanes of at least 4 members (excludes halogenated alkanes) is 2. The lowest BCUT2D eigenvalue weighted by atomic mass is 9.96. The zero-order valence-electron chi connectivity index (χ0n) is 25.5. The van der Waals surface area contributed by atoms with Crippen LogP contribution in [0.15, 0.2) is 59.7 Å². The van der Waals surface area contributed by atoms with E-state index in [1.54, 1.807) is 18.2 Å². The fourth-order valence-corrected chi connectivity index (χ4v) is 2.84. The van der Waals surface area contributed by atoms with Gasteiger partial charge in [-0.05, 0) is 76.1 Å². The predicted molar refractivity (Wildman–Crippen MR) is 170 cm³/mol. The molecule has 1 fully saturated rings. The lowest BCUT2D eigenvalue weighted by Crippen LogP contribution is -2.12. The Kier molecular flexibility index (Phi) is 28.4. The number of carbonyl (C=O) groups is 1. The molecule has 3 nitrogen and oxygen atoms in total. The summed E-state index contributed by atoms with van der Waals surface area (Å²) in [5.41, 5.74) is 5.57. The van der Waals surface area contributed by atoms with Crippen molar-refractivity contribution in [3.63, 3.8) is 0 Å². The van der Waals surface area contributed by atoms with Crippen molar-refractivity contribution < 1.29 is 14.6 Å². The maximum atomic E-state index is 11.2. The molecule has 0 spiro atoms. The number of phenols is 1. The van der Waals surface area contributed by atoms with E-state index in [0.717, 1.165) is 47.4 Å². The molecule has 0 aliphatic heterocycles. The van der Waals surface area contributed by atoms with E-state index in [1.165, 1.54) is 37.3 Å². The molecule has 0 aromatic heterocycles. The first-order valence-electron chi connectivity index (χ1n) is 13.7. The van der Waals surface area contributed by atoms with Crippen molar-refractivity contribution in [1.82, 2.24) is 0 Å². The van der Waals surface area contributed by atoms with E-state index in [-0.39, 0.29) is 12.1 Å². The minimum absolute atomic E-state index is 0.146. The van der Waals surface area contributed by atoms with Gasteiger partial charge in [0.2, 0.25) is 0 Å².